The number of nitrogens with zero attached hydrogens (tertiary/aromatic N) is 3. The maximum atomic E-state index is 12.1. The van der Waals surface area contributed by atoms with Gasteiger partial charge >= 0.3 is 16.3 Å². The molecule has 3 N–H and O–H groups in total. The Morgan fingerprint density at radius 2 is 2.18 bits per heavy atom. The number of oxime groups is 1. The number of nitrogens with one attached hydrogen (secondary N) is 2. The van der Waals surface area contributed by atoms with Gasteiger partial charge in [-0.15, -0.1) is 34.7 Å². The fraction of sp³-hybridized carbons (Fsp3) is 0.375. The summed E-state index contributed by atoms with van der Waals surface area (Å²) in [6.07, 6.45) is 1.71. The Morgan fingerprint density at radius 1 is 1.44 bits per heavy atom. The summed E-state index contributed by atoms with van der Waals surface area (Å²) in [6.45, 7) is 1.59. The van der Waals surface area contributed by atoms with E-state index in [0.717, 1.165) is 17.4 Å². The van der Waals surface area contributed by atoms with Crippen LogP contribution in [0.1, 0.15) is 12.6 Å². The first-order chi connectivity index (χ1) is 16.1. The molecule has 0 radical (unpaired) electrons. The van der Waals surface area contributed by atoms with Crippen LogP contribution in [0.15, 0.2) is 22.0 Å². The standard InChI is InChI=1S/C16H18ClN5O9S3/c1-2-30-12(25)3-4-32-15-13(14(26)22(15)34(27,28)29)20-11(24)6-18-31-7-9-8-33-16(19-9)21-10(23)5-17/h3-4,6,8,13,15H,2,5,7H2,1H3,(H,20,24)(H,19,21,23)(H,27,28,29)/t13-,15+/m1/s1. The molecule has 1 aromatic heterocycles. The van der Waals surface area contributed by atoms with E-state index < -0.39 is 45.4 Å². The molecular weight excluding hydrogens is 538 g/mol. The number of alkyl halides is 1. The summed E-state index contributed by atoms with van der Waals surface area (Å²) >= 11 is 7.20. The largest absolute Gasteiger partial charge is 0.463 e. The van der Waals surface area contributed by atoms with Gasteiger partial charge in [-0.2, -0.15) is 12.7 Å². The number of halogens is 1. The Hall–Kier alpha value is -2.73. The summed E-state index contributed by atoms with van der Waals surface area (Å²) < 4.78 is 36.9. The summed E-state index contributed by atoms with van der Waals surface area (Å²) in [6, 6.07) is -1.33. The van der Waals surface area contributed by atoms with Crippen molar-refractivity contribution in [1.29, 1.82) is 0 Å². The van der Waals surface area contributed by atoms with Gasteiger partial charge in [0.15, 0.2) is 11.7 Å². The van der Waals surface area contributed by atoms with Crippen molar-refractivity contribution in [2.75, 3.05) is 17.8 Å². The third kappa shape index (κ3) is 7.94. The zero-order valence-electron chi connectivity index (χ0n) is 17.2. The third-order valence-corrected chi connectivity index (χ3v) is 6.77. The van der Waals surface area contributed by atoms with Gasteiger partial charge in [-0.05, 0) is 12.3 Å². The summed E-state index contributed by atoms with van der Waals surface area (Å²) in [5.41, 5.74) is 0.412. The van der Waals surface area contributed by atoms with Gasteiger partial charge in [0.25, 0.3) is 11.8 Å². The molecular formula is C16H18ClN5O9S3. The molecule has 1 aliphatic rings. The van der Waals surface area contributed by atoms with Gasteiger partial charge in [-0.25, -0.2) is 9.78 Å². The summed E-state index contributed by atoms with van der Waals surface area (Å²) in [5, 5.41) is 9.93. The minimum Gasteiger partial charge on any atom is -0.463 e. The van der Waals surface area contributed by atoms with Crippen LogP contribution in [0.3, 0.4) is 0 Å². The lowest BCUT2D eigenvalue weighted by Crippen LogP contribution is -2.70. The second-order valence-electron chi connectivity index (χ2n) is 6.01. The molecule has 1 fully saturated rings. The van der Waals surface area contributed by atoms with Crippen molar-refractivity contribution < 1.29 is 41.7 Å². The van der Waals surface area contributed by atoms with E-state index in [1.165, 1.54) is 5.41 Å². The molecule has 1 saturated heterocycles. The zero-order valence-corrected chi connectivity index (χ0v) is 20.4. The van der Waals surface area contributed by atoms with Crippen LogP contribution in [-0.4, -0.2) is 76.1 Å². The smallest absolute Gasteiger partial charge is 0.363 e. The van der Waals surface area contributed by atoms with Crippen LogP contribution in [0, 0.1) is 0 Å². The minimum atomic E-state index is -4.89. The highest BCUT2D eigenvalue weighted by Crippen LogP contribution is 2.33. The average Bonchev–Trinajstić information content (AvgIpc) is 3.20. The van der Waals surface area contributed by atoms with Gasteiger partial charge in [0.05, 0.1) is 12.3 Å². The van der Waals surface area contributed by atoms with Crippen molar-refractivity contribution in [3.63, 3.8) is 0 Å². The van der Waals surface area contributed by atoms with Gasteiger partial charge in [0.1, 0.15) is 23.5 Å². The van der Waals surface area contributed by atoms with Crippen molar-refractivity contribution in [3.05, 3.63) is 22.6 Å². The Labute approximate surface area is 206 Å². The lowest BCUT2D eigenvalue weighted by molar-refractivity contribution is -0.140. The molecule has 0 bridgehead atoms. The summed E-state index contributed by atoms with van der Waals surface area (Å²) in [7, 11) is -4.89. The van der Waals surface area contributed by atoms with Crippen molar-refractivity contribution in [1.82, 2.24) is 14.6 Å². The molecule has 0 aliphatic carbocycles. The number of thioether (sulfide) groups is 1. The first kappa shape index (κ1) is 27.5. The highest BCUT2D eigenvalue weighted by molar-refractivity contribution is 8.03. The van der Waals surface area contributed by atoms with Gasteiger partial charge in [-0.1, -0.05) is 5.16 Å². The number of amides is 3. The SMILES string of the molecule is CCOC(=O)C=CS[C@H]1[C@H](NC(=O)C=NOCc2csc(NC(=O)CCl)n2)C(=O)N1S(=O)(=O)O. The Morgan fingerprint density at radius 3 is 2.82 bits per heavy atom. The van der Waals surface area contributed by atoms with E-state index in [2.05, 4.69) is 25.5 Å². The van der Waals surface area contributed by atoms with Crippen LogP contribution in [0.5, 0.6) is 0 Å². The molecule has 14 nitrogen and oxygen atoms in total. The van der Waals surface area contributed by atoms with Gasteiger partial charge in [-0.3, -0.25) is 18.9 Å². The van der Waals surface area contributed by atoms with Crippen molar-refractivity contribution in [2.45, 2.75) is 24.9 Å². The lowest BCUT2D eigenvalue weighted by atomic mass is 10.1. The Kier molecular flexibility index (Phi) is 10.2. The van der Waals surface area contributed by atoms with Crippen LogP contribution in [0.2, 0.25) is 0 Å². The molecule has 2 heterocycles. The fourth-order valence-electron chi connectivity index (χ4n) is 2.28. The zero-order chi connectivity index (χ0) is 25.3. The van der Waals surface area contributed by atoms with Crippen molar-refractivity contribution >= 4 is 80.0 Å². The average molecular weight is 556 g/mol. The van der Waals surface area contributed by atoms with Gasteiger partial charge in [0, 0.05) is 11.5 Å². The Bertz CT molecular complexity index is 1090. The maximum absolute atomic E-state index is 12.1. The molecule has 186 valence electrons. The predicted molar refractivity (Wildman–Crippen MR) is 122 cm³/mol. The Balaban J connectivity index is 1.89. The molecule has 0 spiro atoms. The number of aromatic nitrogens is 1. The maximum Gasteiger partial charge on any atom is 0.363 e. The second-order valence-corrected chi connectivity index (χ2v) is 9.46. The highest BCUT2D eigenvalue weighted by Gasteiger charge is 2.54. The predicted octanol–water partition coefficient (Wildman–Crippen LogP) is 0.0887. The molecule has 2 atom stereocenters. The topological polar surface area (TPSA) is 194 Å². The van der Waals surface area contributed by atoms with E-state index in [4.69, 9.17) is 16.4 Å². The number of thiazole rings is 1. The van der Waals surface area contributed by atoms with Crippen LogP contribution in [0.25, 0.3) is 0 Å². The number of carbonyl (C=O) groups excluding carboxylic acids is 4. The highest BCUT2D eigenvalue weighted by atomic mass is 35.5. The number of hydrogen-bond donors (Lipinski definition) is 3. The van der Waals surface area contributed by atoms with Crippen LogP contribution in [0.4, 0.5) is 5.13 Å². The van der Waals surface area contributed by atoms with E-state index in [9.17, 15) is 32.1 Å². The molecule has 1 aliphatic heterocycles. The second kappa shape index (κ2) is 12.7. The first-order valence-corrected chi connectivity index (χ1v) is 12.9. The van der Waals surface area contributed by atoms with Crippen LogP contribution < -0.4 is 10.6 Å². The normalized spacial score (nSPS) is 18.1. The number of rotatable bonds is 12. The quantitative estimate of drug-likeness (QED) is 0.0601. The number of anilines is 1. The molecule has 2 rings (SSSR count). The number of β-lactam (4-membered cyclic amide) rings is 1. The van der Waals surface area contributed by atoms with Crippen molar-refractivity contribution in [3.8, 4) is 0 Å². The molecule has 1 aromatic rings. The third-order valence-electron chi connectivity index (χ3n) is 3.63. The number of carbonyl (C=O) groups is 4. The van der Waals surface area contributed by atoms with Crippen LogP contribution in [-0.2, 0) is 45.7 Å². The number of ether oxygens (including phenoxy) is 1. The van der Waals surface area contributed by atoms with E-state index in [1.807, 2.05) is 0 Å². The first-order valence-electron chi connectivity index (χ1n) is 9.12. The summed E-state index contributed by atoms with van der Waals surface area (Å²) in [4.78, 5) is 55.6. The fourth-order valence-corrected chi connectivity index (χ4v) is 5.16. The van der Waals surface area contributed by atoms with E-state index in [1.54, 1.807) is 12.3 Å². The van der Waals surface area contributed by atoms with E-state index in [-0.39, 0.29) is 23.4 Å². The monoisotopic (exact) mass is 555 g/mol. The molecule has 0 saturated carbocycles. The van der Waals surface area contributed by atoms with Crippen molar-refractivity contribution in [2.24, 2.45) is 5.16 Å². The molecule has 0 aromatic carbocycles. The molecule has 3 amide bonds. The minimum absolute atomic E-state index is 0.126. The summed E-state index contributed by atoms with van der Waals surface area (Å²) in [5.74, 6) is -3.32. The van der Waals surface area contributed by atoms with E-state index >= 15 is 0 Å². The number of hydrogen-bond acceptors (Lipinski definition) is 12. The van der Waals surface area contributed by atoms with Gasteiger partial charge < -0.3 is 20.2 Å². The molecule has 34 heavy (non-hydrogen) atoms. The van der Waals surface area contributed by atoms with Gasteiger partial charge in [0.2, 0.25) is 5.91 Å². The number of esters is 1. The van der Waals surface area contributed by atoms with E-state index in [0.29, 0.717) is 28.8 Å². The van der Waals surface area contributed by atoms with Crippen LogP contribution >= 0.6 is 34.7 Å². The molecule has 0 unspecified atom stereocenters. The molecule has 18 heteroatoms. The lowest BCUT2D eigenvalue weighted by Gasteiger charge is -2.42.